The van der Waals surface area contributed by atoms with Crippen molar-refractivity contribution in [2.75, 3.05) is 33.1 Å². The summed E-state index contributed by atoms with van der Waals surface area (Å²) in [6, 6.07) is 5.98. The predicted octanol–water partition coefficient (Wildman–Crippen LogP) is 2.37. The number of rotatable bonds is 8. The first-order chi connectivity index (χ1) is 11.7. The molecule has 3 N–H and O–H groups in total. The Balaban J connectivity index is 0.00000312. The van der Waals surface area contributed by atoms with E-state index in [2.05, 4.69) is 20.9 Å². The largest absolute Gasteiger partial charge is 0.493 e. The molecule has 0 heterocycles. The fourth-order valence-corrected chi connectivity index (χ4v) is 2.21. The van der Waals surface area contributed by atoms with Crippen LogP contribution in [-0.4, -0.2) is 45.7 Å². The van der Waals surface area contributed by atoms with Crippen LogP contribution in [0.25, 0.3) is 0 Å². The molecule has 0 unspecified atom stereocenters. The number of anilines is 1. The Morgan fingerprint density at radius 2 is 1.96 bits per heavy atom. The van der Waals surface area contributed by atoms with E-state index in [0.29, 0.717) is 36.5 Å². The van der Waals surface area contributed by atoms with E-state index in [1.165, 1.54) is 0 Å². The molecule has 0 spiro atoms. The highest BCUT2D eigenvalue weighted by atomic mass is 127. The molecule has 8 heteroatoms. The van der Waals surface area contributed by atoms with Crippen molar-refractivity contribution in [3.63, 3.8) is 0 Å². The van der Waals surface area contributed by atoms with Crippen molar-refractivity contribution < 1.29 is 14.3 Å². The molecule has 0 aliphatic heterocycles. The number of amides is 1. The molecule has 0 saturated heterocycles. The Labute approximate surface area is 166 Å². The zero-order valence-corrected chi connectivity index (χ0v) is 17.3. The number of nitrogens with zero attached hydrogens (tertiary/aromatic N) is 1. The van der Waals surface area contributed by atoms with Crippen LogP contribution in [-0.2, 0) is 4.79 Å². The first-order valence-electron chi connectivity index (χ1n) is 8.15. The van der Waals surface area contributed by atoms with E-state index in [-0.39, 0.29) is 29.9 Å². The van der Waals surface area contributed by atoms with E-state index in [0.717, 1.165) is 24.9 Å². The number of aliphatic imine (C=N–C) groups is 1. The quantitative estimate of drug-likeness (QED) is 0.239. The number of ether oxygens (including phenoxy) is 2. The lowest BCUT2D eigenvalue weighted by Crippen LogP contribution is -2.32. The third-order valence-corrected chi connectivity index (χ3v) is 3.69. The van der Waals surface area contributed by atoms with Gasteiger partial charge in [0.25, 0.3) is 0 Å². The van der Waals surface area contributed by atoms with E-state index < -0.39 is 0 Å². The number of nitrogens with one attached hydrogen (secondary N) is 3. The van der Waals surface area contributed by atoms with E-state index >= 15 is 0 Å². The van der Waals surface area contributed by atoms with Crippen molar-refractivity contribution in [2.24, 2.45) is 4.99 Å². The topological polar surface area (TPSA) is 84.0 Å². The molecular weight excluding hydrogens is 435 g/mol. The van der Waals surface area contributed by atoms with Crippen molar-refractivity contribution >= 4 is 41.5 Å². The molecule has 25 heavy (non-hydrogen) atoms. The predicted molar refractivity (Wildman–Crippen MR) is 110 cm³/mol. The van der Waals surface area contributed by atoms with E-state index in [4.69, 9.17) is 9.47 Å². The van der Waals surface area contributed by atoms with E-state index in [1.54, 1.807) is 21.3 Å². The highest BCUT2D eigenvalue weighted by Gasteiger charge is 2.22. The fraction of sp³-hybridized carbons (Fsp3) is 0.529. The van der Waals surface area contributed by atoms with Gasteiger partial charge in [0, 0.05) is 37.8 Å². The average molecular weight is 462 g/mol. The smallest absolute Gasteiger partial charge is 0.220 e. The zero-order chi connectivity index (χ0) is 17.4. The maximum absolute atomic E-state index is 11.6. The van der Waals surface area contributed by atoms with Gasteiger partial charge in [0.2, 0.25) is 5.91 Å². The lowest BCUT2D eigenvalue weighted by atomic mass is 10.2. The Bertz CT molecular complexity index is 591. The second-order valence-corrected chi connectivity index (χ2v) is 5.64. The van der Waals surface area contributed by atoms with Gasteiger partial charge in [-0.3, -0.25) is 9.79 Å². The molecule has 0 atom stereocenters. The lowest BCUT2D eigenvalue weighted by Gasteiger charge is -2.14. The summed E-state index contributed by atoms with van der Waals surface area (Å²) in [5.74, 6) is 2.09. The molecule has 1 aromatic carbocycles. The molecule has 1 saturated carbocycles. The third-order valence-electron chi connectivity index (χ3n) is 3.69. The number of guanidine groups is 1. The average Bonchev–Trinajstić information content (AvgIpc) is 3.41. The monoisotopic (exact) mass is 462 g/mol. The molecule has 7 nitrogen and oxygen atoms in total. The first kappa shape index (κ1) is 21.3. The van der Waals surface area contributed by atoms with Crippen LogP contribution in [0.4, 0.5) is 5.69 Å². The minimum atomic E-state index is 0. The molecule has 1 amide bonds. The van der Waals surface area contributed by atoms with Gasteiger partial charge in [0.15, 0.2) is 17.5 Å². The lowest BCUT2D eigenvalue weighted by molar-refractivity contribution is -0.121. The number of benzene rings is 1. The zero-order valence-electron chi connectivity index (χ0n) is 14.9. The summed E-state index contributed by atoms with van der Waals surface area (Å²) < 4.78 is 10.5. The standard InChI is InChI=1S/C17H26N4O3.HI/c1-18-17(19-10-4-5-16(22)20-12-6-7-12)21-13-8-9-14(23-2)15(11-13)24-3;/h8-9,11-12H,4-7,10H2,1-3H3,(H,20,22)(H2,18,19,21);1H. The summed E-state index contributed by atoms with van der Waals surface area (Å²) in [5, 5.41) is 9.36. The molecule has 1 aliphatic rings. The van der Waals surface area contributed by atoms with Gasteiger partial charge in [-0.25, -0.2) is 0 Å². The van der Waals surface area contributed by atoms with Crippen molar-refractivity contribution in [1.29, 1.82) is 0 Å². The van der Waals surface area contributed by atoms with Gasteiger partial charge < -0.3 is 25.4 Å². The molecule has 0 aromatic heterocycles. The second kappa shape index (κ2) is 11.0. The van der Waals surface area contributed by atoms with Crippen LogP contribution in [0.2, 0.25) is 0 Å². The highest BCUT2D eigenvalue weighted by molar-refractivity contribution is 14.0. The van der Waals surface area contributed by atoms with Gasteiger partial charge in [0.1, 0.15) is 0 Å². The summed E-state index contributed by atoms with van der Waals surface area (Å²) in [4.78, 5) is 15.8. The van der Waals surface area contributed by atoms with Crippen LogP contribution < -0.4 is 25.4 Å². The second-order valence-electron chi connectivity index (χ2n) is 5.64. The van der Waals surface area contributed by atoms with Crippen LogP contribution in [0.15, 0.2) is 23.2 Å². The summed E-state index contributed by atoms with van der Waals surface area (Å²) in [7, 11) is 4.90. The summed E-state index contributed by atoms with van der Waals surface area (Å²) in [6.45, 7) is 0.672. The van der Waals surface area contributed by atoms with Crippen molar-refractivity contribution in [3.05, 3.63) is 18.2 Å². The molecule has 1 fully saturated rings. The summed E-state index contributed by atoms with van der Waals surface area (Å²) >= 11 is 0. The number of methoxy groups -OCH3 is 2. The maximum atomic E-state index is 11.6. The first-order valence-corrected chi connectivity index (χ1v) is 8.15. The Kier molecular flexibility index (Phi) is 9.40. The van der Waals surface area contributed by atoms with Crippen molar-refractivity contribution in [1.82, 2.24) is 10.6 Å². The Hall–Kier alpha value is -1.71. The molecule has 1 aromatic rings. The molecular formula is C17H27IN4O3. The minimum Gasteiger partial charge on any atom is -0.493 e. The van der Waals surface area contributed by atoms with E-state index in [1.807, 2.05) is 18.2 Å². The number of carbonyl (C=O) groups excluding carboxylic acids is 1. The van der Waals surface area contributed by atoms with Crippen molar-refractivity contribution in [2.45, 2.75) is 31.7 Å². The summed E-state index contributed by atoms with van der Waals surface area (Å²) in [6.07, 6.45) is 3.51. The van der Waals surface area contributed by atoms with Crippen LogP contribution >= 0.6 is 24.0 Å². The highest BCUT2D eigenvalue weighted by Crippen LogP contribution is 2.29. The normalized spacial score (nSPS) is 13.5. The number of hydrogen-bond donors (Lipinski definition) is 3. The molecule has 0 bridgehead atoms. The number of hydrogen-bond acceptors (Lipinski definition) is 4. The minimum absolute atomic E-state index is 0. The molecule has 2 rings (SSSR count). The Morgan fingerprint density at radius 1 is 1.24 bits per heavy atom. The van der Waals surface area contributed by atoms with Gasteiger partial charge in [-0.15, -0.1) is 24.0 Å². The Morgan fingerprint density at radius 3 is 2.56 bits per heavy atom. The SMILES string of the molecule is CN=C(NCCCC(=O)NC1CC1)Nc1ccc(OC)c(OC)c1.I. The van der Waals surface area contributed by atoms with Gasteiger partial charge in [-0.1, -0.05) is 0 Å². The molecule has 0 radical (unpaired) electrons. The van der Waals surface area contributed by atoms with Gasteiger partial charge in [-0.2, -0.15) is 0 Å². The fourth-order valence-electron chi connectivity index (χ4n) is 2.21. The van der Waals surface area contributed by atoms with Crippen LogP contribution in [0.3, 0.4) is 0 Å². The molecule has 1 aliphatic carbocycles. The number of halogens is 1. The number of carbonyl (C=O) groups is 1. The van der Waals surface area contributed by atoms with Gasteiger partial charge in [-0.05, 0) is 31.4 Å². The van der Waals surface area contributed by atoms with Crippen molar-refractivity contribution in [3.8, 4) is 11.5 Å². The van der Waals surface area contributed by atoms with E-state index in [9.17, 15) is 4.79 Å². The molecule has 140 valence electrons. The van der Waals surface area contributed by atoms with Crippen LogP contribution in [0.5, 0.6) is 11.5 Å². The van der Waals surface area contributed by atoms with Gasteiger partial charge in [0.05, 0.1) is 14.2 Å². The van der Waals surface area contributed by atoms with Crippen LogP contribution in [0.1, 0.15) is 25.7 Å². The van der Waals surface area contributed by atoms with Gasteiger partial charge >= 0.3 is 0 Å². The van der Waals surface area contributed by atoms with Crippen LogP contribution in [0, 0.1) is 0 Å². The maximum Gasteiger partial charge on any atom is 0.220 e. The summed E-state index contributed by atoms with van der Waals surface area (Å²) in [5.41, 5.74) is 0.840. The third kappa shape index (κ3) is 7.37.